The number of benzene rings is 2. The highest BCUT2D eigenvalue weighted by molar-refractivity contribution is 6.30. The molecule has 0 bridgehead atoms. The van der Waals surface area contributed by atoms with Crippen LogP contribution in [0.2, 0.25) is 5.02 Å². The van der Waals surface area contributed by atoms with Crippen LogP contribution in [0.5, 0.6) is 5.75 Å². The summed E-state index contributed by atoms with van der Waals surface area (Å²) in [6.45, 7) is 6.22. The molecule has 0 saturated carbocycles. The van der Waals surface area contributed by atoms with E-state index in [-0.39, 0.29) is 18.3 Å². The van der Waals surface area contributed by atoms with Crippen molar-refractivity contribution in [2.24, 2.45) is 0 Å². The van der Waals surface area contributed by atoms with Crippen LogP contribution in [0.1, 0.15) is 36.5 Å². The second-order valence-corrected chi connectivity index (χ2v) is 5.86. The minimum absolute atomic E-state index is 0.159. The van der Waals surface area contributed by atoms with Crippen molar-refractivity contribution < 1.29 is 9.13 Å². The van der Waals surface area contributed by atoms with Gasteiger partial charge < -0.3 is 10.5 Å². The first-order chi connectivity index (χ1) is 9.88. The summed E-state index contributed by atoms with van der Waals surface area (Å²) in [5, 5.41) is 0.377. The van der Waals surface area contributed by atoms with Crippen molar-refractivity contribution in [1.82, 2.24) is 0 Å². The minimum Gasteiger partial charge on any atom is -0.488 e. The lowest BCUT2D eigenvalue weighted by molar-refractivity contribution is 0.295. The molecule has 2 N–H and O–H groups in total. The molecule has 0 atom stereocenters. The molecular formula is C17H19ClFNO. The summed E-state index contributed by atoms with van der Waals surface area (Å²) in [5.74, 6) is 0.657. The molecule has 0 aliphatic carbocycles. The molecule has 112 valence electrons. The van der Waals surface area contributed by atoms with E-state index in [1.807, 2.05) is 19.1 Å². The Morgan fingerprint density at radius 2 is 1.95 bits per heavy atom. The topological polar surface area (TPSA) is 35.2 Å². The molecule has 21 heavy (non-hydrogen) atoms. The van der Waals surface area contributed by atoms with E-state index in [1.165, 1.54) is 6.07 Å². The molecule has 2 nitrogen and oxygen atoms in total. The Morgan fingerprint density at radius 1 is 1.24 bits per heavy atom. The molecule has 2 rings (SSSR count). The fourth-order valence-corrected chi connectivity index (χ4v) is 2.25. The number of anilines is 1. The van der Waals surface area contributed by atoms with Crippen LogP contribution in [0.3, 0.4) is 0 Å². The zero-order valence-electron chi connectivity index (χ0n) is 12.4. The Balaban J connectivity index is 2.25. The van der Waals surface area contributed by atoms with Crippen LogP contribution in [0, 0.1) is 12.7 Å². The van der Waals surface area contributed by atoms with Crippen LogP contribution in [0.15, 0.2) is 30.3 Å². The minimum atomic E-state index is -0.360. The zero-order valence-corrected chi connectivity index (χ0v) is 13.2. The van der Waals surface area contributed by atoms with Gasteiger partial charge in [0.15, 0.2) is 0 Å². The van der Waals surface area contributed by atoms with Gasteiger partial charge in [-0.25, -0.2) is 4.39 Å². The third-order valence-corrected chi connectivity index (χ3v) is 3.65. The van der Waals surface area contributed by atoms with E-state index >= 15 is 0 Å². The predicted molar refractivity (Wildman–Crippen MR) is 85.4 cm³/mol. The van der Waals surface area contributed by atoms with Crippen molar-refractivity contribution in [3.63, 3.8) is 0 Å². The Labute approximate surface area is 129 Å². The van der Waals surface area contributed by atoms with Crippen LogP contribution < -0.4 is 10.5 Å². The molecule has 0 aliphatic rings. The van der Waals surface area contributed by atoms with Crippen molar-refractivity contribution >= 4 is 17.3 Å². The van der Waals surface area contributed by atoms with E-state index in [4.69, 9.17) is 22.1 Å². The molecule has 2 aromatic carbocycles. The molecule has 0 saturated heterocycles. The third kappa shape index (κ3) is 3.67. The molecule has 0 aromatic heterocycles. The summed E-state index contributed by atoms with van der Waals surface area (Å²) in [6.07, 6.45) is 0. The number of nitrogen functional groups attached to an aromatic ring is 1. The molecule has 0 amide bonds. The Kier molecular flexibility index (Phi) is 4.73. The molecule has 0 radical (unpaired) electrons. The van der Waals surface area contributed by atoms with Crippen LogP contribution in [-0.4, -0.2) is 0 Å². The van der Waals surface area contributed by atoms with Gasteiger partial charge in [-0.1, -0.05) is 31.5 Å². The summed E-state index contributed by atoms with van der Waals surface area (Å²) in [4.78, 5) is 0. The predicted octanol–water partition coefficient (Wildman–Crippen LogP) is 5.07. The molecular weight excluding hydrogens is 289 g/mol. The van der Waals surface area contributed by atoms with Crippen molar-refractivity contribution in [1.29, 1.82) is 0 Å². The molecule has 0 fully saturated rings. The maximum absolute atomic E-state index is 13.8. The second kappa shape index (κ2) is 6.35. The van der Waals surface area contributed by atoms with Gasteiger partial charge in [0.2, 0.25) is 0 Å². The van der Waals surface area contributed by atoms with Crippen LogP contribution >= 0.6 is 11.6 Å². The quantitative estimate of drug-likeness (QED) is 0.800. The summed E-state index contributed by atoms with van der Waals surface area (Å²) < 4.78 is 19.6. The summed E-state index contributed by atoms with van der Waals surface area (Å²) >= 11 is 5.74. The van der Waals surface area contributed by atoms with Gasteiger partial charge in [0.05, 0.1) is 0 Å². The number of rotatable bonds is 4. The smallest absolute Gasteiger partial charge is 0.131 e. The van der Waals surface area contributed by atoms with Crippen LogP contribution in [-0.2, 0) is 6.61 Å². The van der Waals surface area contributed by atoms with E-state index < -0.39 is 0 Å². The molecule has 0 unspecified atom stereocenters. The first-order valence-electron chi connectivity index (χ1n) is 6.85. The maximum Gasteiger partial charge on any atom is 0.131 e. The number of nitrogens with two attached hydrogens (primary N) is 1. The molecule has 0 heterocycles. The van der Waals surface area contributed by atoms with E-state index in [9.17, 15) is 4.39 Å². The Hall–Kier alpha value is -1.74. The lowest BCUT2D eigenvalue weighted by atomic mass is 9.99. The van der Waals surface area contributed by atoms with Gasteiger partial charge in [-0.2, -0.15) is 0 Å². The molecule has 0 aliphatic heterocycles. The van der Waals surface area contributed by atoms with Gasteiger partial charge in [0, 0.05) is 16.3 Å². The fourth-order valence-electron chi connectivity index (χ4n) is 2.09. The van der Waals surface area contributed by atoms with E-state index in [2.05, 4.69) is 13.8 Å². The number of hydrogen-bond acceptors (Lipinski definition) is 2. The summed E-state index contributed by atoms with van der Waals surface area (Å²) in [5.41, 5.74) is 9.13. The second-order valence-electron chi connectivity index (χ2n) is 5.43. The molecule has 0 spiro atoms. The van der Waals surface area contributed by atoms with Gasteiger partial charge in [-0.05, 0) is 48.2 Å². The third-order valence-electron chi connectivity index (χ3n) is 3.42. The largest absolute Gasteiger partial charge is 0.488 e. The van der Waals surface area contributed by atoms with Gasteiger partial charge in [-0.15, -0.1) is 0 Å². The van der Waals surface area contributed by atoms with Gasteiger partial charge in [0.1, 0.15) is 18.2 Å². The molecule has 2 aromatic rings. The first kappa shape index (κ1) is 15.6. The van der Waals surface area contributed by atoms with Gasteiger partial charge in [-0.3, -0.25) is 0 Å². The van der Waals surface area contributed by atoms with Gasteiger partial charge in [0.25, 0.3) is 0 Å². The highest BCUT2D eigenvalue weighted by Gasteiger charge is 2.12. The molecule has 4 heteroatoms. The van der Waals surface area contributed by atoms with E-state index in [0.29, 0.717) is 10.6 Å². The lowest BCUT2D eigenvalue weighted by Crippen LogP contribution is -2.03. The number of ether oxygens (including phenoxy) is 1. The zero-order chi connectivity index (χ0) is 15.6. The maximum atomic E-state index is 13.8. The highest BCUT2D eigenvalue weighted by atomic mass is 35.5. The van der Waals surface area contributed by atoms with Crippen LogP contribution in [0.25, 0.3) is 0 Å². The monoisotopic (exact) mass is 307 g/mol. The van der Waals surface area contributed by atoms with Crippen molar-refractivity contribution in [2.75, 3.05) is 5.73 Å². The Bertz CT molecular complexity index is 655. The number of aryl methyl sites for hydroxylation is 1. The summed E-state index contributed by atoms with van der Waals surface area (Å²) in [6, 6.07) is 8.40. The first-order valence-corrected chi connectivity index (χ1v) is 7.23. The number of halogens is 2. The van der Waals surface area contributed by atoms with Crippen LogP contribution in [0.4, 0.5) is 10.1 Å². The van der Waals surface area contributed by atoms with E-state index in [0.717, 1.165) is 22.6 Å². The summed E-state index contributed by atoms with van der Waals surface area (Å²) in [7, 11) is 0. The Morgan fingerprint density at radius 3 is 2.57 bits per heavy atom. The van der Waals surface area contributed by atoms with E-state index in [1.54, 1.807) is 12.1 Å². The highest BCUT2D eigenvalue weighted by Crippen LogP contribution is 2.31. The fraction of sp³-hybridized carbons (Fsp3) is 0.294. The van der Waals surface area contributed by atoms with Crippen molar-refractivity contribution in [3.05, 3.63) is 57.9 Å². The van der Waals surface area contributed by atoms with Crippen molar-refractivity contribution in [3.8, 4) is 5.75 Å². The SMILES string of the molecule is Cc1cc(OCc2ccc(Cl)cc2F)c(C(C)C)cc1N. The van der Waals surface area contributed by atoms with Crippen molar-refractivity contribution in [2.45, 2.75) is 33.3 Å². The lowest BCUT2D eigenvalue weighted by Gasteiger charge is -2.16. The standard InChI is InChI=1S/C17H19ClFNO/c1-10(2)14-8-16(20)11(3)6-17(14)21-9-12-4-5-13(18)7-15(12)19/h4-8,10H,9,20H2,1-3H3. The average molecular weight is 308 g/mol. The normalized spacial score (nSPS) is 11.0. The van der Waals surface area contributed by atoms with Gasteiger partial charge >= 0.3 is 0 Å². The number of hydrogen-bond donors (Lipinski definition) is 1. The average Bonchev–Trinajstić information content (AvgIpc) is 2.41.